The number of hydrogen-bond donors (Lipinski definition) is 0. The summed E-state index contributed by atoms with van der Waals surface area (Å²) in [5, 5.41) is 0. The van der Waals surface area contributed by atoms with E-state index in [0.717, 1.165) is 24.2 Å². The molecule has 2 aromatic rings. The molecule has 1 spiro atoms. The van der Waals surface area contributed by atoms with E-state index in [1.807, 2.05) is 0 Å². The van der Waals surface area contributed by atoms with Gasteiger partial charge in [0.15, 0.2) is 0 Å². The summed E-state index contributed by atoms with van der Waals surface area (Å²) in [6.07, 6.45) is 2.05. The average Bonchev–Trinajstić information content (AvgIpc) is 3.06. The Labute approximate surface area is 125 Å². The van der Waals surface area contributed by atoms with Crippen LogP contribution in [0.5, 0.6) is 0 Å². The van der Waals surface area contributed by atoms with Crippen molar-refractivity contribution in [1.29, 1.82) is 0 Å². The lowest BCUT2D eigenvalue weighted by Crippen LogP contribution is -2.26. The third-order valence-corrected chi connectivity index (χ3v) is 4.64. The van der Waals surface area contributed by atoms with E-state index >= 15 is 0 Å². The van der Waals surface area contributed by atoms with Crippen molar-refractivity contribution < 1.29 is 0 Å². The highest BCUT2D eigenvalue weighted by Crippen LogP contribution is 2.48. The summed E-state index contributed by atoms with van der Waals surface area (Å²) < 4.78 is 0. The first kappa shape index (κ1) is 12.5. The molecule has 0 radical (unpaired) electrons. The monoisotopic (exact) mass is 274 g/mol. The highest BCUT2D eigenvalue weighted by molar-refractivity contribution is 6.09. The molecule has 0 bridgehead atoms. The first-order valence-corrected chi connectivity index (χ1v) is 7.50. The second-order valence-electron chi connectivity index (χ2n) is 6.00. The molecule has 0 N–H and O–H groups in total. The third-order valence-electron chi connectivity index (χ3n) is 4.64. The maximum absolute atomic E-state index is 5.14. The minimum atomic E-state index is -0.216. The second kappa shape index (κ2) is 4.39. The Morgan fingerprint density at radius 3 is 2.62 bits per heavy atom. The lowest BCUT2D eigenvalue weighted by atomic mass is 9.85. The molecule has 0 aromatic heterocycles. The first-order valence-electron chi connectivity index (χ1n) is 7.50. The molecule has 21 heavy (non-hydrogen) atoms. The van der Waals surface area contributed by atoms with Crippen LogP contribution in [-0.4, -0.2) is 11.4 Å². The van der Waals surface area contributed by atoms with Gasteiger partial charge in [0.2, 0.25) is 0 Å². The van der Waals surface area contributed by atoms with Gasteiger partial charge in [-0.1, -0.05) is 48.0 Å². The molecular formula is C19H18N2. The minimum Gasteiger partial charge on any atom is -0.272 e. The maximum atomic E-state index is 5.14. The predicted molar refractivity (Wildman–Crippen MR) is 87.8 cm³/mol. The van der Waals surface area contributed by atoms with Crippen LogP contribution in [-0.2, 0) is 5.54 Å². The number of aliphatic imine (C=N–C) groups is 2. The fourth-order valence-electron chi connectivity index (χ4n) is 3.48. The van der Waals surface area contributed by atoms with Crippen LogP contribution < -0.4 is 0 Å². The van der Waals surface area contributed by atoms with E-state index in [-0.39, 0.29) is 5.54 Å². The van der Waals surface area contributed by atoms with Crippen molar-refractivity contribution in [3.8, 4) is 0 Å². The Morgan fingerprint density at radius 2 is 1.81 bits per heavy atom. The van der Waals surface area contributed by atoms with Gasteiger partial charge < -0.3 is 0 Å². The van der Waals surface area contributed by atoms with Crippen molar-refractivity contribution in [3.05, 3.63) is 65.2 Å². The summed E-state index contributed by atoms with van der Waals surface area (Å²) in [7, 11) is 0. The zero-order chi connectivity index (χ0) is 14.4. The van der Waals surface area contributed by atoms with Gasteiger partial charge >= 0.3 is 0 Å². The smallest absolute Gasteiger partial charge is 0.126 e. The zero-order valence-electron chi connectivity index (χ0n) is 12.4. The quantitative estimate of drug-likeness (QED) is 0.727. The first-order chi connectivity index (χ1) is 10.2. The van der Waals surface area contributed by atoms with Crippen LogP contribution in [0.15, 0.2) is 58.5 Å². The largest absolute Gasteiger partial charge is 0.272 e. The Bertz CT molecular complexity index is 771. The normalized spacial score (nSPS) is 23.1. The molecule has 2 heterocycles. The van der Waals surface area contributed by atoms with Gasteiger partial charge in [-0.3, -0.25) is 9.98 Å². The van der Waals surface area contributed by atoms with Crippen molar-refractivity contribution in [3.63, 3.8) is 0 Å². The van der Waals surface area contributed by atoms with Crippen LogP contribution in [0.4, 0.5) is 5.69 Å². The molecule has 0 fully saturated rings. The molecule has 4 rings (SSSR count). The fourth-order valence-corrected chi connectivity index (χ4v) is 3.48. The zero-order valence-corrected chi connectivity index (χ0v) is 12.4. The predicted octanol–water partition coefficient (Wildman–Crippen LogP) is 4.58. The number of rotatable bonds is 1. The second-order valence-corrected chi connectivity index (χ2v) is 6.00. The van der Waals surface area contributed by atoms with Gasteiger partial charge in [-0.15, -0.1) is 0 Å². The number of hydrogen-bond acceptors (Lipinski definition) is 2. The van der Waals surface area contributed by atoms with Crippen molar-refractivity contribution in [2.75, 3.05) is 0 Å². The Kier molecular flexibility index (Phi) is 2.61. The number of fused-ring (bicyclic) bond motifs is 2. The van der Waals surface area contributed by atoms with Crippen LogP contribution in [0.25, 0.3) is 0 Å². The van der Waals surface area contributed by atoms with E-state index in [1.165, 1.54) is 22.4 Å². The Morgan fingerprint density at radius 1 is 1.00 bits per heavy atom. The number of benzene rings is 2. The van der Waals surface area contributed by atoms with Gasteiger partial charge in [0.1, 0.15) is 5.54 Å². The third kappa shape index (κ3) is 1.79. The molecule has 2 aliphatic heterocycles. The summed E-state index contributed by atoms with van der Waals surface area (Å²) >= 11 is 0. The van der Waals surface area contributed by atoms with E-state index < -0.39 is 0 Å². The van der Waals surface area contributed by atoms with E-state index in [9.17, 15) is 0 Å². The molecule has 2 aliphatic rings. The molecule has 0 amide bonds. The van der Waals surface area contributed by atoms with Gasteiger partial charge in [0.05, 0.1) is 5.69 Å². The molecule has 2 aromatic carbocycles. The molecule has 104 valence electrons. The van der Waals surface area contributed by atoms with E-state index in [4.69, 9.17) is 9.98 Å². The molecule has 1 unspecified atom stereocenters. The standard InChI is InChI=1S/C19H18N2/c1-13-8-9-18-16(12-13)19(14(2)20-18)11-10-17(21-19)15-6-4-3-5-7-15/h3-9,12H,10-11H2,1-2H3. The summed E-state index contributed by atoms with van der Waals surface area (Å²) in [5.41, 5.74) is 7.02. The van der Waals surface area contributed by atoms with E-state index in [1.54, 1.807) is 0 Å². The van der Waals surface area contributed by atoms with Crippen molar-refractivity contribution >= 4 is 17.1 Å². The van der Waals surface area contributed by atoms with Crippen molar-refractivity contribution in [2.45, 2.75) is 32.2 Å². The molecule has 2 nitrogen and oxygen atoms in total. The maximum Gasteiger partial charge on any atom is 0.126 e. The van der Waals surface area contributed by atoms with Crippen LogP contribution in [0, 0.1) is 6.92 Å². The summed E-state index contributed by atoms with van der Waals surface area (Å²) in [5.74, 6) is 0. The Balaban J connectivity index is 1.86. The van der Waals surface area contributed by atoms with Crippen molar-refractivity contribution in [1.82, 2.24) is 0 Å². The summed E-state index contributed by atoms with van der Waals surface area (Å²) in [6, 6.07) is 17.0. The molecule has 0 aliphatic carbocycles. The van der Waals surface area contributed by atoms with Gasteiger partial charge in [0, 0.05) is 17.0 Å². The number of nitrogens with zero attached hydrogens (tertiary/aromatic N) is 2. The van der Waals surface area contributed by atoms with Crippen LogP contribution >= 0.6 is 0 Å². The van der Waals surface area contributed by atoms with Gasteiger partial charge in [-0.25, -0.2) is 0 Å². The van der Waals surface area contributed by atoms with Gasteiger partial charge in [0.25, 0.3) is 0 Å². The van der Waals surface area contributed by atoms with Crippen LogP contribution in [0.2, 0.25) is 0 Å². The van der Waals surface area contributed by atoms with Crippen LogP contribution in [0.1, 0.15) is 36.5 Å². The van der Waals surface area contributed by atoms with Crippen LogP contribution in [0.3, 0.4) is 0 Å². The number of aryl methyl sites for hydroxylation is 1. The summed E-state index contributed by atoms with van der Waals surface area (Å²) in [4.78, 5) is 9.90. The molecule has 1 atom stereocenters. The lowest BCUT2D eigenvalue weighted by molar-refractivity contribution is 0.613. The topological polar surface area (TPSA) is 24.7 Å². The minimum absolute atomic E-state index is 0.216. The highest BCUT2D eigenvalue weighted by atomic mass is 15.0. The molecular weight excluding hydrogens is 256 g/mol. The van der Waals surface area contributed by atoms with E-state index in [2.05, 4.69) is 62.4 Å². The molecule has 2 heteroatoms. The summed E-state index contributed by atoms with van der Waals surface area (Å²) in [6.45, 7) is 4.26. The SMILES string of the molecule is CC1=Nc2ccc(C)cc2C12CCC(c1ccccc1)=N2. The van der Waals surface area contributed by atoms with Gasteiger partial charge in [-0.05, 0) is 38.3 Å². The molecule has 0 saturated carbocycles. The van der Waals surface area contributed by atoms with E-state index in [0.29, 0.717) is 0 Å². The fraction of sp³-hybridized carbons (Fsp3) is 0.263. The Hall–Kier alpha value is -2.22. The molecule has 0 saturated heterocycles. The van der Waals surface area contributed by atoms with Crippen molar-refractivity contribution in [2.24, 2.45) is 9.98 Å². The highest BCUT2D eigenvalue weighted by Gasteiger charge is 2.44. The average molecular weight is 274 g/mol. The van der Waals surface area contributed by atoms with Gasteiger partial charge in [-0.2, -0.15) is 0 Å². The lowest BCUT2D eigenvalue weighted by Gasteiger charge is -2.22.